The lowest BCUT2D eigenvalue weighted by Gasteiger charge is -2.14. The van der Waals surface area contributed by atoms with Crippen LogP contribution in [0.3, 0.4) is 0 Å². The highest BCUT2D eigenvalue weighted by molar-refractivity contribution is 5.94. The van der Waals surface area contributed by atoms with Crippen LogP contribution in [0.25, 0.3) is 11.1 Å². The molecular weight excluding hydrogens is 291 g/mol. The van der Waals surface area contributed by atoms with Gasteiger partial charge in [-0.2, -0.15) is 18.4 Å². The summed E-state index contributed by atoms with van der Waals surface area (Å²) in [6.07, 6.45) is -2.83. The molecule has 1 aliphatic heterocycles. The van der Waals surface area contributed by atoms with Crippen molar-refractivity contribution in [1.29, 1.82) is 5.26 Å². The van der Waals surface area contributed by atoms with Crippen LogP contribution in [-0.2, 0) is 12.7 Å². The van der Waals surface area contributed by atoms with Gasteiger partial charge in [-0.25, -0.2) is 4.98 Å². The minimum absolute atomic E-state index is 0.235. The molecule has 0 radical (unpaired) electrons. The number of pyridine rings is 1. The normalized spacial score (nSPS) is 13.0. The van der Waals surface area contributed by atoms with Crippen molar-refractivity contribution in [2.45, 2.75) is 19.6 Å². The van der Waals surface area contributed by atoms with E-state index in [1.807, 2.05) is 6.07 Å². The van der Waals surface area contributed by atoms with Gasteiger partial charge in [0.15, 0.2) is 0 Å². The van der Waals surface area contributed by atoms with E-state index >= 15 is 0 Å². The van der Waals surface area contributed by atoms with Crippen molar-refractivity contribution >= 4 is 6.21 Å². The highest BCUT2D eigenvalue weighted by atomic mass is 19.4. The summed E-state index contributed by atoms with van der Waals surface area (Å²) in [6, 6.07) is 7.30. The molecule has 0 N–H and O–H groups in total. The number of hydrogen-bond donors (Lipinski definition) is 0. The van der Waals surface area contributed by atoms with Crippen LogP contribution < -0.4 is 0 Å². The van der Waals surface area contributed by atoms with E-state index in [2.05, 4.69) is 9.98 Å². The number of alkyl halides is 3. The number of aliphatic imine (C=N–C) groups is 1. The summed E-state index contributed by atoms with van der Waals surface area (Å²) in [7, 11) is 0. The molecule has 0 amide bonds. The van der Waals surface area contributed by atoms with Crippen molar-refractivity contribution in [3.63, 3.8) is 0 Å². The lowest BCUT2D eigenvalue weighted by molar-refractivity contribution is -0.137. The number of rotatable bonds is 1. The van der Waals surface area contributed by atoms with Gasteiger partial charge in [0.25, 0.3) is 0 Å². The summed E-state index contributed by atoms with van der Waals surface area (Å²) >= 11 is 0. The van der Waals surface area contributed by atoms with Crippen molar-refractivity contribution in [3.8, 4) is 17.2 Å². The fourth-order valence-electron chi connectivity index (χ4n) is 2.53. The lowest BCUT2D eigenvalue weighted by atomic mass is 9.93. The Hall–Kier alpha value is -2.68. The van der Waals surface area contributed by atoms with Crippen LogP contribution in [0.4, 0.5) is 13.2 Å². The summed E-state index contributed by atoms with van der Waals surface area (Å²) in [4.78, 5) is 8.16. The van der Waals surface area contributed by atoms with Crippen LogP contribution in [0.1, 0.15) is 28.1 Å². The molecule has 6 heteroatoms. The first-order chi connectivity index (χ1) is 10.4. The maximum Gasteiger partial charge on any atom is 0.416 e. The van der Waals surface area contributed by atoms with Gasteiger partial charge >= 0.3 is 6.18 Å². The third-order valence-corrected chi connectivity index (χ3v) is 3.57. The number of halogens is 3. The van der Waals surface area contributed by atoms with Gasteiger partial charge in [0, 0.05) is 23.0 Å². The molecule has 110 valence electrons. The first kappa shape index (κ1) is 14.3. The van der Waals surface area contributed by atoms with E-state index < -0.39 is 11.7 Å². The average Bonchev–Trinajstić information content (AvgIpc) is 2.93. The zero-order chi connectivity index (χ0) is 15.9. The number of nitriles is 1. The van der Waals surface area contributed by atoms with Crippen LogP contribution in [0.15, 0.2) is 29.3 Å². The minimum atomic E-state index is -4.42. The minimum Gasteiger partial charge on any atom is -0.288 e. The van der Waals surface area contributed by atoms with E-state index in [-0.39, 0.29) is 12.2 Å². The van der Waals surface area contributed by atoms with E-state index in [1.54, 1.807) is 19.2 Å². The van der Waals surface area contributed by atoms with Gasteiger partial charge in [-0.1, -0.05) is 0 Å². The number of fused-ring (bicyclic) bond motifs is 1. The van der Waals surface area contributed by atoms with Gasteiger partial charge in [0.2, 0.25) is 0 Å². The van der Waals surface area contributed by atoms with Crippen LogP contribution in [0.5, 0.6) is 0 Å². The van der Waals surface area contributed by atoms with Gasteiger partial charge in [0.05, 0.1) is 12.1 Å². The summed E-state index contributed by atoms with van der Waals surface area (Å²) in [5, 5.41) is 8.85. The summed E-state index contributed by atoms with van der Waals surface area (Å²) < 4.78 is 39.2. The second kappa shape index (κ2) is 4.95. The van der Waals surface area contributed by atoms with Gasteiger partial charge in [0.1, 0.15) is 11.8 Å². The molecule has 0 atom stereocenters. The molecule has 2 heterocycles. The van der Waals surface area contributed by atoms with Crippen LogP contribution in [0, 0.1) is 18.3 Å². The molecule has 1 aliphatic rings. The Morgan fingerprint density at radius 1 is 1.18 bits per heavy atom. The Kier molecular flexibility index (Phi) is 3.21. The monoisotopic (exact) mass is 301 g/mol. The number of nitrogens with zero attached hydrogens (tertiary/aromatic N) is 3. The Morgan fingerprint density at radius 2 is 1.95 bits per heavy atom. The third kappa shape index (κ3) is 2.35. The second-order valence-corrected chi connectivity index (χ2v) is 5.01. The molecule has 3 nitrogen and oxygen atoms in total. The van der Waals surface area contributed by atoms with E-state index in [9.17, 15) is 13.2 Å². The predicted molar refractivity (Wildman–Crippen MR) is 75.4 cm³/mol. The lowest BCUT2D eigenvalue weighted by Crippen LogP contribution is -2.07. The number of aryl methyl sites for hydroxylation is 1. The fraction of sp³-hybridized carbons (Fsp3) is 0.188. The van der Waals surface area contributed by atoms with Crippen molar-refractivity contribution in [2.75, 3.05) is 0 Å². The predicted octanol–water partition coefficient (Wildman–Crippen LogP) is 3.88. The summed E-state index contributed by atoms with van der Waals surface area (Å²) in [5.41, 5.74) is 2.31. The molecule has 22 heavy (non-hydrogen) atoms. The van der Waals surface area contributed by atoms with Crippen molar-refractivity contribution in [2.24, 2.45) is 4.99 Å². The molecule has 3 rings (SSSR count). The standard InChI is InChI=1S/C16H10F3N3/c1-9-13(3-2-12(6-20)22-9)14-5-11(16(17,18)19)4-10-7-21-8-15(10)14/h2-5,8H,7H2,1H3. The summed E-state index contributed by atoms with van der Waals surface area (Å²) in [5.74, 6) is 0. The zero-order valence-corrected chi connectivity index (χ0v) is 11.6. The molecule has 0 fully saturated rings. The topological polar surface area (TPSA) is 49.0 Å². The number of benzene rings is 1. The maximum atomic E-state index is 13.1. The number of hydrogen-bond acceptors (Lipinski definition) is 3. The van der Waals surface area contributed by atoms with Crippen LogP contribution in [0.2, 0.25) is 0 Å². The molecule has 0 aliphatic carbocycles. The van der Waals surface area contributed by atoms with Crippen molar-refractivity contribution in [1.82, 2.24) is 4.98 Å². The fourth-order valence-corrected chi connectivity index (χ4v) is 2.53. The Bertz CT molecular complexity index is 830. The first-order valence-corrected chi connectivity index (χ1v) is 6.52. The Balaban J connectivity index is 2.25. The molecular formula is C16H10F3N3. The van der Waals surface area contributed by atoms with Crippen molar-refractivity contribution in [3.05, 3.63) is 52.3 Å². The number of aromatic nitrogens is 1. The van der Waals surface area contributed by atoms with E-state index in [0.717, 1.165) is 12.1 Å². The molecule has 0 bridgehead atoms. The van der Waals surface area contributed by atoms with E-state index in [0.29, 0.717) is 27.9 Å². The molecule has 0 spiro atoms. The second-order valence-electron chi connectivity index (χ2n) is 5.01. The SMILES string of the molecule is Cc1nc(C#N)ccc1-c1cc(C(F)(F)F)cc2c1C=NC2. The quantitative estimate of drug-likeness (QED) is 0.802. The molecule has 0 saturated carbocycles. The zero-order valence-electron chi connectivity index (χ0n) is 11.6. The van der Waals surface area contributed by atoms with Crippen molar-refractivity contribution < 1.29 is 13.2 Å². The van der Waals surface area contributed by atoms with E-state index in [1.165, 1.54) is 6.07 Å². The third-order valence-electron chi connectivity index (χ3n) is 3.57. The van der Waals surface area contributed by atoms with E-state index in [4.69, 9.17) is 5.26 Å². The average molecular weight is 301 g/mol. The highest BCUT2D eigenvalue weighted by Gasteiger charge is 2.32. The van der Waals surface area contributed by atoms with Crippen LogP contribution >= 0.6 is 0 Å². The molecule has 0 saturated heterocycles. The molecule has 1 aromatic heterocycles. The summed E-state index contributed by atoms with van der Waals surface area (Å²) in [6.45, 7) is 1.92. The first-order valence-electron chi connectivity index (χ1n) is 6.52. The van der Waals surface area contributed by atoms with Gasteiger partial charge in [-0.05, 0) is 42.3 Å². The molecule has 1 aromatic carbocycles. The Morgan fingerprint density at radius 3 is 2.59 bits per heavy atom. The smallest absolute Gasteiger partial charge is 0.288 e. The van der Waals surface area contributed by atoms with Gasteiger partial charge in [-0.15, -0.1) is 0 Å². The van der Waals surface area contributed by atoms with Crippen LogP contribution in [-0.4, -0.2) is 11.2 Å². The largest absolute Gasteiger partial charge is 0.416 e. The van der Waals surface area contributed by atoms with Gasteiger partial charge < -0.3 is 0 Å². The van der Waals surface area contributed by atoms with Gasteiger partial charge in [-0.3, -0.25) is 4.99 Å². The Labute approximate surface area is 124 Å². The highest BCUT2D eigenvalue weighted by Crippen LogP contribution is 2.37. The molecule has 2 aromatic rings. The maximum absolute atomic E-state index is 13.1. The molecule has 0 unspecified atom stereocenters.